The van der Waals surface area contributed by atoms with Crippen LogP contribution in [0.25, 0.3) is 31.3 Å². The van der Waals surface area contributed by atoms with E-state index >= 15 is 0 Å². The highest BCUT2D eigenvalue weighted by molar-refractivity contribution is 7.26. The van der Waals surface area contributed by atoms with Crippen LogP contribution < -0.4 is 10.2 Å². The molecule has 1 N–H and O–H groups in total. The largest absolute Gasteiger partial charge is 0.354 e. The first kappa shape index (κ1) is 23.3. The highest BCUT2D eigenvalue weighted by Crippen LogP contribution is 2.42. The molecule has 1 aromatic heterocycles. The maximum absolute atomic E-state index is 3.74. The smallest absolute Gasteiger partial charge is 0.0590 e. The van der Waals surface area contributed by atoms with Crippen molar-refractivity contribution in [3.05, 3.63) is 152 Å². The van der Waals surface area contributed by atoms with Gasteiger partial charge in [0.25, 0.3) is 0 Å². The van der Waals surface area contributed by atoms with E-state index in [1.54, 1.807) is 0 Å². The molecule has 0 bridgehead atoms. The molecule has 0 fully saturated rings. The van der Waals surface area contributed by atoms with Crippen molar-refractivity contribution in [2.24, 2.45) is 0 Å². The van der Waals surface area contributed by atoms with E-state index in [1.165, 1.54) is 31.3 Å². The van der Waals surface area contributed by atoms with Crippen LogP contribution in [-0.2, 0) is 0 Å². The standard InChI is InChI=1S/C36H26N2S/c1-3-13-26(14-4-1)30-19-7-9-23-34(30)38(28-16-5-2-6-17-28)29-18-11-15-27(25-29)37-33-22-12-21-32-31-20-8-10-24-35(31)39-36(32)33/h1-25,37H. The SMILES string of the molecule is c1ccc(-c2ccccc2N(c2ccccc2)c2cccc(Nc3cccc4c3sc3ccccc34)c2)cc1. The highest BCUT2D eigenvalue weighted by atomic mass is 32.1. The molecule has 0 amide bonds. The van der Waals surface area contributed by atoms with Crippen LogP contribution in [0, 0.1) is 0 Å². The minimum Gasteiger partial charge on any atom is -0.354 e. The van der Waals surface area contributed by atoms with E-state index in [2.05, 4.69) is 162 Å². The maximum atomic E-state index is 3.74. The number of benzene rings is 6. The molecule has 2 nitrogen and oxygen atoms in total. The van der Waals surface area contributed by atoms with Crippen molar-refractivity contribution in [3.63, 3.8) is 0 Å². The van der Waals surface area contributed by atoms with Crippen LogP contribution in [0.2, 0.25) is 0 Å². The Bertz CT molecular complexity index is 1890. The Balaban J connectivity index is 1.34. The van der Waals surface area contributed by atoms with Gasteiger partial charge in [-0.3, -0.25) is 0 Å². The number of fused-ring (bicyclic) bond motifs is 3. The Morgan fingerprint density at radius 2 is 1.18 bits per heavy atom. The fourth-order valence-corrected chi connectivity index (χ4v) is 6.43. The lowest BCUT2D eigenvalue weighted by atomic mass is 10.0. The Kier molecular flexibility index (Phi) is 6.04. The molecule has 7 aromatic rings. The van der Waals surface area contributed by atoms with Gasteiger partial charge in [0.1, 0.15) is 0 Å². The molecule has 0 saturated carbocycles. The van der Waals surface area contributed by atoms with Crippen LogP contribution in [0.4, 0.5) is 28.4 Å². The molecule has 0 aliphatic heterocycles. The van der Waals surface area contributed by atoms with E-state index in [1.807, 2.05) is 11.3 Å². The lowest BCUT2D eigenvalue weighted by Gasteiger charge is -2.28. The van der Waals surface area contributed by atoms with E-state index in [0.717, 1.165) is 28.4 Å². The average Bonchev–Trinajstić information content (AvgIpc) is 3.39. The summed E-state index contributed by atoms with van der Waals surface area (Å²) < 4.78 is 2.58. The highest BCUT2D eigenvalue weighted by Gasteiger charge is 2.17. The molecule has 0 spiro atoms. The summed E-state index contributed by atoms with van der Waals surface area (Å²) >= 11 is 1.84. The molecular weight excluding hydrogens is 492 g/mol. The predicted octanol–water partition coefficient (Wildman–Crippen LogP) is 10.9. The molecule has 0 radical (unpaired) electrons. The minimum atomic E-state index is 1.05. The Morgan fingerprint density at radius 3 is 2.05 bits per heavy atom. The summed E-state index contributed by atoms with van der Waals surface area (Å²) in [5, 5.41) is 6.34. The number of thiophene rings is 1. The van der Waals surface area contributed by atoms with Crippen molar-refractivity contribution in [2.75, 3.05) is 10.2 Å². The lowest BCUT2D eigenvalue weighted by molar-refractivity contribution is 1.28. The second-order valence-corrected chi connectivity index (χ2v) is 10.6. The van der Waals surface area contributed by atoms with Crippen LogP contribution in [0.15, 0.2) is 152 Å². The van der Waals surface area contributed by atoms with E-state index < -0.39 is 0 Å². The molecule has 1 heterocycles. The van der Waals surface area contributed by atoms with E-state index in [-0.39, 0.29) is 0 Å². The molecule has 0 unspecified atom stereocenters. The predicted molar refractivity (Wildman–Crippen MR) is 169 cm³/mol. The van der Waals surface area contributed by atoms with Crippen molar-refractivity contribution in [2.45, 2.75) is 0 Å². The summed E-state index contributed by atoms with van der Waals surface area (Å²) in [6.45, 7) is 0. The van der Waals surface area contributed by atoms with Crippen LogP contribution in [0.3, 0.4) is 0 Å². The van der Waals surface area contributed by atoms with Crippen LogP contribution in [0.5, 0.6) is 0 Å². The number of nitrogens with one attached hydrogen (secondary N) is 1. The first-order valence-electron chi connectivity index (χ1n) is 13.1. The number of anilines is 5. The van der Waals surface area contributed by atoms with Crippen LogP contribution >= 0.6 is 11.3 Å². The zero-order chi connectivity index (χ0) is 26.0. The normalized spacial score (nSPS) is 11.1. The number of hydrogen-bond acceptors (Lipinski definition) is 3. The number of nitrogens with zero attached hydrogens (tertiary/aromatic N) is 1. The summed E-state index contributed by atoms with van der Waals surface area (Å²) in [7, 11) is 0. The molecule has 186 valence electrons. The van der Waals surface area contributed by atoms with Gasteiger partial charge in [0.05, 0.1) is 16.1 Å². The van der Waals surface area contributed by atoms with Gasteiger partial charge in [0.2, 0.25) is 0 Å². The molecule has 6 aromatic carbocycles. The van der Waals surface area contributed by atoms with Gasteiger partial charge in [0.15, 0.2) is 0 Å². The zero-order valence-corrected chi connectivity index (χ0v) is 22.1. The fraction of sp³-hybridized carbons (Fsp3) is 0. The van der Waals surface area contributed by atoms with Gasteiger partial charge in [-0.2, -0.15) is 0 Å². The number of hydrogen-bond donors (Lipinski definition) is 1. The lowest BCUT2D eigenvalue weighted by Crippen LogP contribution is -2.11. The van der Waals surface area contributed by atoms with E-state index in [4.69, 9.17) is 0 Å². The quantitative estimate of drug-likeness (QED) is 0.235. The van der Waals surface area contributed by atoms with Crippen molar-refractivity contribution < 1.29 is 0 Å². The fourth-order valence-electron chi connectivity index (χ4n) is 5.26. The van der Waals surface area contributed by atoms with Gasteiger partial charge in [0, 0.05) is 38.1 Å². The number of para-hydroxylation sites is 2. The van der Waals surface area contributed by atoms with Gasteiger partial charge >= 0.3 is 0 Å². The Morgan fingerprint density at radius 1 is 0.513 bits per heavy atom. The second kappa shape index (κ2) is 10.1. The first-order valence-corrected chi connectivity index (χ1v) is 13.9. The summed E-state index contributed by atoms with van der Waals surface area (Å²) in [6.07, 6.45) is 0. The van der Waals surface area contributed by atoms with Gasteiger partial charge < -0.3 is 10.2 Å². The molecular formula is C36H26N2S. The second-order valence-electron chi connectivity index (χ2n) is 9.51. The Hall–Kier alpha value is -4.86. The number of rotatable bonds is 6. The van der Waals surface area contributed by atoms with Crippen molar-refractivity contribution in [1.82, 2.24) is 0 Å². The minimum absolute atomic E-state index is 1.05. The van der Waals surface area contributed by atoms with Gasteiger partial charge in [-0.1, -0.05) is 103 Å². The molecule has 0 aliphatic rings. The summed E-state index contributed by atoms with van der Waals surface area (Å²) in [5.74, 6) is 0. The molecule has 3 heteroatoms. The van der Waals surface area contributed by atoms with Gasteiger partial charge in [-0.15, -0.1) is 11.3 Å². The first-order chi connectivity index (χ1) is 19.3. The molecule has 0 aliphatic carbocycles. The summed E-state index contributed by atoms with van der Waals surface area (Å²) in [6, 6.07) is 53.7. The van der Waals surface area contributed by atoms with Crippen LogP contribution in [0.1, 0.15) is 0 Å². The Labute approximate surface area is 232 Å². The third-order valence-electron chi connectivity index (χ3n) is 7.03. The molecule has 0 saturated heterocycles. The maximum Gasteiger partial charge on any atom is 0.0590 e. The van der Waals surface area contributed by atoms with Crippen molar-refractivity contribution in [1.29, 1.82) is 0 Å². The van der Waals surface area contributed by atoms with Crippen molar-refractivity contribution in [3.8, 4) is 11.1 Å². The zero-order valence-electron chi connectivity index (χ0n) is 21.3. The molecule has 39 heavy (non-hydrogen) atoms. The van der Waals surface area contributed by atoms with Gasteiger partial charge in [-0.05, 0) is 54.1 Å². The third-order valence-corrected chi connectivity index (χ3v) is 8.25. The summed E-state index contributed by atoms with van der Waals surface area (Å²) in [5.41, 5.74) is 7.91. The molecule has 7 rings (SSSR count). The monoisotopic (exact) mass is 518 g/mol. The van der Waals surface area contributed by atoms with E-state index in [0.29, 0.717) is 0 Å². The molecule has 0 atom stereocenters. The topological polar surface area (TPSA) is 15.3 Å². The van der Waals surface area contributed by atoms with E-state index in [9.17, 15) is 0 Å². The van der Waals surface area contributed by atoms with Gasteiger partial charge in [-0.25, -0.2) is 0 Å². The third kappa shape index (κ3) is 4.43. The summed E-state index contributed by atoms with van der Waals surface area (Å²) in [4.78, 5) is 2.34. The average molecular weight is 519 g/mol. The van der Waals surface area contributed by atoms with Crippen molar-refractivity contribution >= 4 is 59.9 Å². The van der Waals surface area contributed by atoms with Crippen LogP contribution in [-0.4, -0.2) is 0 Å².